The quantitative estimate of drug-likeness (QED) is 0.834. The van der Waals surface area contributed by atoms with Crippen LogP contribution in [0.4, 0.5) is 11.6 Å². The minimum absolute atomic E-state index is 0.256. The Morgan fingerprint density at radius 1 is 1.18 bits per heavy atom. The maximum atomic E-state index is 6.05. The molecule has 0 bridgehead atoms. The molecule has 0 fully saturated rings. The van der Waals surface area contributed by atoms with Crippen LogP contribution in [0.1, 0.15) is 5.56 Å². The minimum Gasteiger partial charge on any atom is -0.382 e. The lowest BCUT2D eigenvalue weighted by Gasteiger charge is -2.09. The Bertz CT molecular complexity index is 584. The zero-order chi connectivity index (χ0) is 12.6. The first kappa shape index (κ1) is 12.0. The van der Waals surface area contributed by atoms with E-state index < -0.39 is 0 Å². The molecule has 17 heavy (non-hydrogen) atoms. The van der Waals surface area contributed by atoms with Gasteiger partial charge < -0.3 is 11.5 Å². The second-order valence-corrected chi connectivity index (χ2v) is 4.43. The van der Waals surface area contributed by atoms with E-state index in [0.29, 0.717) is 15.7 Å². The van der Waals surface area contributed by atoms with E-state index in [1.165, 1.54) is 6.20 Å². The van der Waals surface area contributed by atoms with E-state index in [0.717, 1.165) is 11.1 Å². The van der Waals surface area contributed by atoms with Crippen LogP contribution in [-0.4, -0.2) is 9.97 Å². The molecule has 0 aliphatic carbocycles. The van der Waals surface area contributed by atoms with Gasteiger partial charge in [0.05, 0.1) is 6.20 Å². The zero-order valence-electron chi connectivity index (χ0n) is 9.04. The van der Waals surface area contributed by atoms with Gasteiger partial charge in [0.1, 0.15) is 11.5 Å². The third kappa shape index (κ3) is 2.28. The Hall–Kier alpha value is -1.52. The molecule has 0 spiro atoms. The van der Waals surface area contributed by atoms with Gasteiger partial charge >= 0.3 is 0 Å². The number of nitrogens with zero attached hydrogens (tertiary/aromatic N) is 2. The van der Waals surface area contributed by atoms with Gasteiger partial charge in [-0.15, -0.1) is 0 Å². The summed E-state index contributed by atoms with van der Waals surface area (Å²) in [6, 6.07) is 3.42. The van der Waals surface area contributed by atoms with Crippen LogP contribution < -0.4 is 11.5 Å². The first-order valence-electron chi connectivity index (χ1n) is 4.83. The molecule has 6 heteroatoms. The van der Waals surface area contributed by atoms with Gasteiger partial charge in [0, 0.05) is 15.6 Å². The normalized spacial score (nSPS) is 10.5. The maximum absolute atomic E-state index is 6.05. The van der Waals surface area contributed by atoms with Crippen molar-refractivity contribution in [3.8, 4) is 11.3 Å². The Morgan fingerprint density at radius 3 is 2.53 bits per heavy atom. The summed E-state index contributed by atoms with van der Waals surface area (Å²) in [4.78, 5) is 8.12. The molecule has 4 N–H and O–H groups in total. The second kappa shape index (κ2) is 4.39. The summed E-state index contributed by atoms with van der Waals surface area (Å²) in [5.74, 6) is 0.531. The van der Waals surface area contributed by atoms with E-state index in [1.807, 2.05) is 6.92 Å². The highest BCUT2D eigenvalue weighted by molar-refractivity contribution is 6.35. The molecule has 2 aromatic rings. The van der Waals surface area contributed by atoms with Crippen LogP contribution in [0, 0.1) is 6.92 Å². The largest absolute Gasteiger partial charge is 0.382 e. The molecule has 1 aromatic carbocycles. The lowest BCUT2D eigenvalue weighted by molar-refractivity contribution is 1.22. The van der Waals surface area contributed by atoms with Gasteiger partial charge in [0.15, 0.2) is 5.82 Å². The number of benzene rings is 1. The van der Waals surface area contributed by atoms with Gasteiger partial charge in [-0.2, -0.15) is 0 Å². The molecule has 0 atom stereocenters. The average molecular weight is 269 g/mol. The molecule has 1 heterocycles. The summed E-state index contributed by atoms with van der Waals surface area (Å²) >= 11 is 12.0. The van der Waals surface area contributed by atoms with Crippen molar-refractivity contribution < 1.29 is 0 Å². The van der Waals surface area contributed by atoms with E-state index in [9.17, 15) is 0 Å². The van der Waals surface area contributed by atoms with Gasteiger partial charge in [0.25, 0.3) is 0 Å². The first-order chi connectivity index (χ1) is 7.99. The molecule has 4 nitrogen and oxygen atoms in total. The number of hydrogen-bond acceptors (Lipinski definition) is 4. The van der Waals surface area contributed by atoms with Crippen molar-refractivity contribution in [3.05, 3.63) is 33.9 Å². The van der Waals surface area contributed by atoms with Crippen molar-refractivity contribution in [2.75, 3.05) is 11.5 Å². The van der Waals surface area contributed by atoms with Crippen molar-refractivity contribution >= 4 is 34.8 Å². The van der Waals surface area contributed by atoms with Crippen molar-refractivity contribution in [2.24, 2.45) is 0 Å². The predicted molar refractivity (Wildman–Crippen MR) is 71.0 cm³/mol. The molecule has 0 saturated carbocycles. The third-order valence-corrected chi connectivity index (χ3v) is 2.99. The fourth-order valence-corrected chi connectivity index (χ4v) is 2.01. The smallest absolute Gasteiger partial charge is 0.152 e. The van der Waals surface area contributed by atoms with Gasteiger partial charge in [-0.3, -0.25) is 0 Å². The molecule has 0 radical (unpaired) electrons. The summed E-state index contributed by atoms with van der Waals surface area (Å²) in [6.45, 7) is 1.87. The number of rotatable bonds is 1. The monoisotopic (exact) mass is 268 g/mol. The molecule has 0 amide bonds. The molecule has 0 aliphatic rings. The number of aromatic nitrogens is 2. The number of hydrogen-bond donors (Lipinski definition) is 2. The number of anilines is 2. The third-order valence-electron chi connectivity index (χ3n) is 2.38. The van der Waals surface area contributed by atoms with E-state index in [-0.39, 0.29) is 11.6 Å². The molecule has 1 aromatic heterocycles. The summed E-state index contributed by atoms with van der Waals surface area (Å²) in [5.41, 5.74) is 13.4. The van der Waals surface area contributed by atoms with Gasteiger partial charge in [-0.05, 0) is 24.6 Å². The number of nitrogens with two attached hydrogens (primary N) is 2. The fraction of sp³-hybridized carbons (Fsp3) is 0.0909. The number of halogens is 2. The summed E-state index contributed by atoms with van der Waals surface area (Å²) in [6.07, 6.45) is 1.44. The molecule has 2 rings (SSSR count). The van der Waals surface area contributed by atoms with Crippen LogP contribution in [0.15, 0.2) is 18.3 Å². The predicted octanol–water partition coefficient (Wildman–Crippen LogP) is 2.92. The van der Waals surface area contributed by atoms with Crippen LogP contribution in [0.5, 0.6) is 0 Å². The van der Waals surface area contributed by atoms with Crippen LogP contribution in [0.2, 0.25) is 10.0 Å². The van der Waals surface area contributed by atoms with E-state index >= 15 is 0 Å². The van der Waals surface area contributed by atoms with Gasteiger partial charge in [0.2, 0.25) is 0 Å². The van der Waals surface area contributed by atoms with Crippen LogP contribution in [0.3, 0.4) is 0 Å². The Kier molecular flexibility index (Phi) is 3.09. The Labute approximate surface area is 109 Å². The summed E-state index contributed by atoms with van der Waals surface area (Å²) < 4.78 is 0. The lowest BCUT2D eigenvalue weighted by Crippen LogP contribution is -2.01. The maximum Gasteiger partial charge on any atom is 0.152 e. The molecule has 0 unspecified atom stereocenters. The summed E-state index contributed by atoms with van der Waals surface area (Å²) in [7, 11) is 0. The first-order valence-corrected chi connectivity index (χ1v) is 5.58. The minimum atomic E-state index is 0.256. The number of nitrogen functional groups attached to an aromatic ring is 2. The Balaban J connectivity index is 2.68. The van der Waals surface area contributed by atoms with Crippen molar-refractivity contribution in [3.63, 3.8) is 0 Å². The Morgan fingerprint density at radius 2 is 1.88 bits per heavy atom. The summed E-state index contributed by atoms with van der Waals surface area (Å²) in [5, 5.41) is 1.08. The van der Waals surface area contributed by atoms with E-state index in [2.05, 4.69) is 9.97 Å². The zero-order valence-corrected chi connectivity index (χ0v) is 10.5. The highest BCUT2D eigenvalue weighted by Gasteiger charge is 2.12. The van der Waals surface area contributed by atoms with Crippen LogP contribution >= 0.6 is 23.2 Å². The molecular formula is C11H10Cl2N4. The molecule has 0 saturated heterocycles. The van der Waals surface area contributed by atoms with Crippen LogP contribution in [0.25, 0.3) is 11.3 Å². The van der Waals surface area contributed by atoms with E-state index in [4.69, 9.17) is 34.7 Å². The molecule has 88 valence electrons. The molecular weight excluding hydrogens is 259 g/mol. The highest BCUT2D eigenvalue weighted by atomic mass is 35.5. The average Bonchev–Trinajstić information content (AvgIpc) is 2.24. The van der Waals surface area contributed by atoms with Gasteiger partial charge in [-0.25, -0.2) is 9.97 Å². The standard InChI is InChI=1S/C11H10Cl2N4/c1-5-7(2-6(12)3-8(5)13)10-11(15)17-9(14)4-16-10/h2-4H,1H3,(H4,14,15,17). The molecule has 0 aliphatic heterocycles. The SMILES string of the molecule is Cc1c(Cl)cc(Cl)cc1-c1ncc(N)nc1N. The van der Waals surface area contributed by atoms with Crippen molar-refractivity contribution in [2.45, 2.75) is 6.92 Å². The highest BCUT2D eigenvalue weighted by Crippen LogP contribution is 2.33. The second-order valence-electron chi connectivity index (χ2n) is 3.59. The van der Waals surface area contributed by atoms with Gasteiger partial charge in [-0.1, -0.05) is 23.2 Å². The van der Waals surface area contributed by atoms with Crippen molar-refractivity contribution in [1.29, 1.82) is 0 Å². The van der Waals surface area contributed by atoms with E-state index in [1.54, 1.807) is 12.1 Å². The lowest BCUT2D eigenvalue weighted by atomic mass is 10.1. The van der Waals surface area contributed by atoms with Crippen LogP contribution in [-0.2, 0) is 0 Å². The fourth-order valence-electron chi connectivity index (χ4n) is 1.52. The topological polar surface area (TPSA) is 77.8 Å². The van der Waals surface area contributed by atoms with Crippen molar-refractivity contribution in [1.82, 2.24) is 9.97 Å².